The maximum Gasteiger partial charge on any atom is 0.265 e. The number of aromatic nitrogens is 2. The Balaban J connectivity index is 1.62. The molecule has 1 amide bonds. The molecular weight excluding hydrogens is 346 g/mol. The lowest BCUT2D eigenvalue weighted by Crippen LogP contribution is -2.11. The van der Waals surface area contributed by atoms with Gasteiger partial charge in [-0.15, -0.1) is 11.3 Å². The minimum Gasteiger partial charge on any atom is -0.334 e. The quantitative estimate of drug-likeness (QED) is 0.697. The Labute approximate surface area is 155 Å². The molecule has 6 heteroatoms. The summed E-state index contributed by atoms with van der Waals surface area (Å²) in [5.74, 6) is 0.869. The van der Waals surface area contributed by atoms with Crippen molar-refractivity contribution < 1.29 is 9.59 Å². The molecule has 1 N–H and O–H groups in total. The highest BCUT2D eigenvalue weighted by Gasteiger charge is 2.17. The molecule has 1 aliphatic heterocycles. The van der Waals surface area contributed by atoms with Crippen molar-refractivity contribution in [3.8, 4) is 11.3 Å². The van der Waals surface area contributed by atoms with E-state index in [4.69, 9.17) is 4.98 Å². The highest BCUT2D eigenvalue weighted by Crippen LogP contribution is 2.29. The van der Waals surface area contributed by atoms with Crippen molar-refractivity contribution in [2.45, 2.75) is 32.7 Å². The molecule has 0 bridgehead atoms. The Morgan fingerprint density at radius 2 is 1.92 bits per heavy atom. The number of carbonyl (C=O) groups excluding carboxylic acids is 2. The van der Waals surface area contributed by atoms with Gasteiger partial charge in [0.05, 0.1) is 21.1 Å². The lowest BCUT2D eigenvalue weighted by atomic mass is 10.1. The Morgan fingerprint density at radius 3 is 2.69 bits per heavy atom. The van der Waals surface area contributed by atoms with E-state index in [2.05, 4.69) is 16.1 Å². The molecule has 0 radical (unpaired) electrons. The predicted molar refractivity (Wildman–Crippen MR) is 103 cm³/mol. The monoisotopic (exact) mass is 365 g/mol. The number of imidazole rings is 1. The van der Waals surface area contributed by atoms with Crippen molar-refractivity contribution in [1.29, 1.82) is 0 Å². The third-order valence-electron chi connectivity index (χ3n) is 4.54. The van der Waals surface area contributed by atoms with Crippen LogP contribution in [0.15, 0.2) is 42.6 Å². The van der Waals surface area contributed by atoms with Gasteiger partial charge in [0.1, 0.15) is 5.82 Å². The first kappa shape index (κ1) is 16.7. The molecule has 132 valence electrons. The molecule has 5 nitrogen and oxygen atoms in total. The Kier molecular flexibility index (Phi) is 4.42. The fourth-order valence-electron chi connectivity index (χ4n) is 3.19. The maximum atomic E-state index is 12.6. The number of hydrogen-bond acceptors (Lipinski definition) is 4. The minimum absolute atomic E-state index is 0.0296. The van der Waals surface area contributed by atoms with E-state index >= 15 is 0 Å². The number of amides is 1. The van der Waals surface area contributed by atoms with Crippen LogP contribution in [-0.2, 0) is 13.0 Å². The molecule has 0 aliphatic carbocycles. The zero-order valence-corrected chi connectivity index (χ0v) is 15.3. The van der Waals surface area contributed by atoms with Gasteiger partial charge in [-0.1, -0.05) is 18.2 Å². The number of anilines is 1. The first-order valence-corrected chi connectivity index (χ1v) is 9.51. The van der Waals surface area contributed by atoms with E-state index in [1.165, 1.54) is 31.1 Å². The number of carbonyl (C=O) groups is 2. The number of nitrogens with zero attached hydrogens (tertiary/aromatic N) is 2. The lowest BCUT2D eigenvalue weighted by molar-refractivity contribution is 0.101. The van der Waals surface area contributed by atoms with Crippen LogP contribution in [0.25, 0.3) is 11.3 Å². The maximum absolute atomic E-state index is 12.6. The van der Waals surface area contributed by atoms with Crippen LogP contribution >= 0.6 is 11.3 Å². The van der Waals surface area contributed by atoms with E-state index in [9.17, 15) is 9.59 Å². The van der Waals surface area contributed by atoms with E-state index < -0.39 is 0 Å². The van der Waals surface area contributed by atoms with Crippen LogP contribution in [0.1, 0.15) is 44.9 Å². The normalized spacial score (nSPS) is 13.3. The van der Waals surface area contributed by atoms with E-state index in [1.54, 1.807) is 12.1 Å². The van der Waals surface area contributed by atoms with E-state index in [-0.39, 0.29) is 11.7 Å². The third-order valence-corrected chi connectivity index (χ3v) is 5.72. The second kappa shape index (κ2) is 6.88. The molecule has 0 spiro atoms. The summed E-state index contributed by atoms with van der Waals surface area (Å²) in [7, 11) is 0. The number of thiophene rings is 1. The van der Waals surface area contributed by atoms with Gasteiger partial charge in [0.2, 0.25) is 0 Å². The molecule has 0 saturated carbocycles. The zero-order valence-electron chi connectivity index (χ0n) is 14.5. The first-order chi connectivity index (χ1) is 12.6. The van der Waals surface area contributed by atoms with Gasteiger partial charge in [-0.2, -0.15) is 0 Å². The van der Waals surface area contributed by atoms with Crippen LogP contribution in [-0.4, -0.2) is 21.2 Å². The zero-order chi connectivity index (χ0) is 18.1. The van der Waals surface area contributed by atoms with Crippen molar-refractivity contribution in [3.05, 3.63) is 58.2 Å². The molecular formula is C20H19N3O2S. The average Bonchev–Trinajstić information content (AvgIpc) is 3.29. The topological polar surface area (TPSA) is 64.0 Å². The SMILES string of the molecule is CC(=O)c1ccc(C(=O)Nc2ccccc2-c2cn3c(n2)CCCC3)s1. The molecule has 1 aliphatic rings. The minimum atomic E-state index is -0.209. The van der Waals surface area contributed by atoms with E-state index in [1.807, 2.05) is 24.3 Å². The van der Waals surface area contributed by atoms with Crippen LogP contribution in [0.3, 0.4) is 0 Å². The van der Waals surface area contributed by atoms with E-state index in [0.717, 1.165) is 35.7 Å². The van der Waals surface area contributed by atoms with Gasteiger partial charge in [-0.3, -0.25) is 9.59 Å². The summed E-state index contributed by atoms with van der Waals surface area (Å²) in [6.07, 6.45) is 5.42. The number of para-hydroxylation sites is 1. The predicted octanol–water partition coefficient (Wildman–Crippen LogP) is 4.40. The van der Waals surface area contributed by atoms with Gasteiger partial charge in [0.15, 0.2) is 5.78 Å². The van der Waals surface area contributed by atoms with Gasteiger partial charge < -0.3 is 9.88 Å². The molecule has 3 aromatic rings. The van der Waals surface area contributed by atoms with Crippen molar-refractivity contribution >= 4 is 28.7 Å². The second-order valence-electron chi connectivity index (χ2n) is 6.41. The summed E-state index contributed by atoms with van der Waals surface area (Å²) < 4.78 is 2.20. The number of ketones is 1. The molecule has 2 aromatic heterocycles. The summed E-state index contributed by atoms with van der Waals surface area (Å²) in [6, 6.07) is 11.1. The van der Waals surface area contributed by atoms with Gasteiger partial charge in [0, 0.05) is 24.7 Å². The van der Waals surface area contributed by atoms with Gasteiger partial charge in [-0.25, -0.2) is 4.98 Å². The smallest absolute Gasteiger partial charge is 0.265 e. The fourth-order valence-corrected chi connectivity index (χ4v) is 3.99. The summed E-state index contributed by atoms with van der Waals surface area (Å²) >= 11 is 1.21. The van der Waals surface area contributed by atoms with Crippen molar-refractivity contribution in [2.24, 2.45) is 0 Å². The standard InChI is InChI=1S/C20H19N3O2S/c1-13(24)17-9-10-18(26-17)20(25)22-15-7-3-2-6-14(15)16-12-23-11-5-4-8-19(23)21-16/h2-3,6-7,9-10,12H,4-5,8,11H2,1H3,(H,22,25). The number of nitrogens with one attached hydrogen (secondary N) is 1. The molecule has 1 aromatic carbocycles. The van der Waals surface area contributed by atoms with Crippen molar-refractivity contribution in [2.75, 3.05) is 5.32 Å². The third kappa shape index (κ3) is 3.20. The van der Waals surface area contributed by atoms with Crippen LogP contribution < -0.4 is 5.32 Å². The Morgan fingerprint density at radius 1 is 1.12 bits per heavy atom. The van der Waals surface area contributed by atoms with E-state index in [0.29, 0.717) is 9.75 Å². The number of fused-ring (bicyclic) bond motifs is 1. The van der Waals surface area contributed by atoms with Crippen LogP contribution in [0.2, 0.25) is 0 Å². The number of benzene rings is 1. The fraction of sp³-hybridized carbons (Fsp3) is 0.250. The number of rotatable bonds is 4. The van der Waals surface area contributed by atoms with Crippen LogP contribution in [0.4, 0.5) is 5.69 Å². The highest BCUT2D eigenvalue weighted by molar-refractivity contribution is 7.16. The number of aryl methyl sites for hydroxylation is 2. The van der Waals surface area contributed by atoms with Gasteiger partial charge in [-0.05, 0) is 38.0 Å². The molecule has 26 heavy (non-hydrogen) atoms. The second-order valence-corrected chi connectivity index (χ2v) is 7.50. The average molecular weight is 365 g/mol. The molecule has 0 unspecified atom stereocenters. The van der Waals surface area contributed by atoms with Gasteiger partial charge >= 0.3 is 0 Å². The number of Topliss-reactive ketones (excluding diaryl/α,β-unsaturated/α-hetero) is 1. The molecule has 0 saturated heterocycles. The van der Waals surface area contributed by atoms with Crippen molar-refractivity contribution in [1.82, 2.24) is 9.55 Å². The summed E-state index contributed by atoms with van der Waals surface area (Å²) in [4.78, 5) is 29.9. The molecule has 0 fully saturated rings. The highest BCUT2D eigenvalue weighted by atomic mass is 32.1. The largest absolute Gasteiger partial charge is 0.334 e. The van der Waals surface area contributed by atoms with Crippen LogP contribution in [0.5, 0.6) is 0 Å². The number of hydrogen-bond donors (Lipinski definition) is 1. The molecule has 4 rings (SSSR count). The lowest BCUT2D eigenvalue weighted by Gasteiger charge is -2.11. The van der Waals surface area contributed by atoms with Crippen LogP contribution in [0, 0.1) is 0 Å². The summed E-state index contributed by atoms with van der Waals surface area (Å²) in [5.41, 5.74) is 2.52. The summed E-state index contributed by atoms with van der Waals surface area (Å²) in [5, 5.41) is 2.97. The van der Waals surface area contributed by atoms with Crippen molar-refractivity contribution in [3.63, 3.8) is 0 Å². The Hall–Kier alpha value is -2.73. The Bertz CT molecular complexity index is 963. The molecule has 0 atom stereocenters. The first-order valence-electron chi connectivity index (χ1n) is 8.69. The van der Waals surface area contributed by atoms with Gasteiger partial charge in [0.25, 0.3) is 5.91 Å². The summed E-state index contributed by atoms with van der Waals surface area (Å²) in [6.45, 7) is 2.50. The molecule has 3 heterocycles.